The Hall–Kier alpha value is -1.63. The predicted octanol–water partition coefficient (Wildman–Crippen LogP) is 0.914. The van der Waals surface area contributed by atoms with E-state index in [1.807, 2.05) is 12.1 Å². The first kappa shape index (κ1) is 16.7. The number of carbonyl (C=O) groups excluding carboxylic acids is 1. The maximum absolute atomic E-state index is 11.5. The summed E-state index contributed by atoms with van der Waals surface area (Å²) in [5.74, 6) is 6.06. The van der Waals surface area contributed by atoms with E-state index < -0.39 is 0 Å². The van der Waals surface area contributed by atoms with Crippen LogP contribution in [0.1, 0.15) is 18.4 Å². The van der Waals surface area contributed by atoms with Crippen molar-refractivity contribution in [1.29, 1.82) is 0 Å². The van der Waals surface area contributed by atoms with Crippen molar-refractivity contribution < 1.29 is 14.3 Å². The average molecular weight is 307 g/mol. The summed E-state index contributed by atoms with van der Waals surface area (Å²) in [4.78, 5) is 13.9. The van der Waals surface area contributed by atoms with Crippen LogP contribution in [0.2, 0.25) is 0 Å². The van der Waals surface area contributed by atoms with E-state index in [4.69, 9.17) is 15.3 Å². The smallest absolute Gasteiger partial charge is 0.237 e. The Morgan fingerprint density at radius 1 is 1.36 bits per heavy atom. The van der Waals surface area contributed by atoms with Crippen LogP contribution in [-0.4, -0.2) is 44.2 Å². The zero-order valence-electron chi connectivity index (χ0n) is 13.1. The Morgan fingerprint density at radius 2 is 2.14 bits per heavy atom. The monoisotopic (exact) mass is 307 g/mol. The van der Waals surface area contributed by atoms with Crippen molar-refractivity contribution >= 4 is 5.91 Å². The number of hydrogen-bond donors (Lipinski definition) is 2. The van der Waals surface area contributed by atoms with E-state index in [9.17, 15) is 4.79 Å². The third-order valence-electron chi connectivity index (χ3n) is 3.96. The van der Waals surface area contributed by atoms with Gasteiger partial charge in [-0.3, -0.25) is 15.1 Å². The van der Waals surface area contributed by atoms with Crippen LogP contribution in [0.4, 0.5) is 0 Å². The van der Waals surface area contributed by atoms with E-state index in [1.165, 1.54) is 5.56 Å². The Kier molecular flexibility index (Phi) is 6.64. The lowest BCUT2D eigenvalue weighted by Crippen LogP contribution is -2.42. The van der Waals surface area contributed by atoms with E-state index in [0.717, 1.165) is 38.2 Å². The van der Waals surface area contributed by atoms with Crippen molar-refractivity contribution in [2.45, 2.75) is 19.4 Å². The van der Waals surface area contributed by atoms with E-state index >= 15 is 0 Å². The Bertz CT molecular complexity index is 473. The average Bonchev–Trinajstić information content (AvgIpc) is 2.55. The van der Waals surface area contributed by atoms with Crippen molar-refractivity contribution in [3.05, 3.63) is 29.8 Å². The molecule has 1 saturated heterocycles. The molecule has 122 valence electrons. The molecule has 1 aromatic rings. The van der Waals surface area contributed by atoms with E-state index in [1.54, 1.807) is 7.11 Å². The van der Waals surface area contributed by atoms with Crippen LogP contribution < -0.4 is 16.0 Å². The second-order valence-electron chi connectivity index (χ2n) is 5.55. The van der Waals surface area contributed by atoms with Crippen molar-refractivity contribution in [3.8, 4) is 5.75 Å². The van der Waals surface area contributed by atoms with E-state index in [2.05, 4.69) is 22.5 Å². The van der Waals surface area contributed by atoms with Crippen molar-refractivity contribution in [2.75, 3.05) is 33.4 Å². The number of likely N-dealkylation sites (tertiary alicyclic amines) is 1. The van der Waals surface area contributed by atoms with Crippen molar-refractivity contribution in [2.24, 2.45) is 11.8 Å². The molecule has 0 aliphatic carbocycles. The van der Waals surface area contributed by atoms with Gasteiger partial charge in [0.2, 0.25) is 5.91 Å². The number of methoxy groups -OCH3 is 1. The molecule has 2 rings (SSSR count). The fourth-order valence-electron chi connectivity index (χ4n) is 2.71. The van der Waals surface area contributed by atoms with Crippen LogP contribution in [0.5, 0.6) is 5.75 Å². The second-order valence-corrected chi connectivity index (χ2v) is 5.55. The lowest BCUT2D eigenvalue weighted by Gasteiger charge is -2.31. The molecule has 3 N–H and O–H groups in total. The van der Waals surface area contributed by atoms with Gasteiger partial charge in [-0.05, 0) is 43.6 Å². The molecule has 1 fully saturated rings. The number of benzene rings is 1. The van der Waals surface area contributed by atoms with Crippen LogP contribution >= 0.6 is 0 Å². The van der Waals surface area contributed by atoms with Gasteiger partial charge < -0.3 is 9.47 Å². The Balaban J connectivity index is 1.81. The number of hydrogen-bond acceptors (Lipinski definition) is 5. The largest absolute Gasteiger partial charge is 0.491 e. The third kappa shape index (κ3) is 4.98. The fraction of sp³-hybridized carbons (Fsp3) is 0.562. The highest BCUT2D eigenvalue weighted by molar-refractivity contribution is 5.78. The zero-order chi connectivity index (χ0) is 15.8. The summed E-state index contributed by atoms with van der Waals surface area (Å²) in [6.45, 7) is 3.83. The molecule has 6 heteroatoms. The first-order valence-electron chi connectivity index (χ1n) is 7.66. The standard InChI is InChI=1S/C16H25N3O3/c1-21-9-10-22-15-4-2-3-13(11-15)12-19-7-5-14(6-8-19)16(20)18-17/h2-4,11,14H,5-10,12,17H2,1H3,(H,18,20). The number of nitrogens with one attached hydrogen (secondary N) is 1. The number of rotatable bonds is 7. The van der Waals surface area contributed by atoms with Crippen LogP contribution in [0.15, 0.2) is 24.3 Å². The van der Waals surface area contributed by atoms with Gasteiger partial charge in [-0.25, -0.2) is 5.84 Å². The minimum absolute atomic E-state index is 0.0463. The van der Waals surface area contributed by atoms with Gasteiger partial charge >= 0.3 is 0 Å². The molecule has 0 radical (unpaired) electrons. The molecule has 1 aliphatic heterocycles. The summed E-state index contributed by atoms with van der Waals surface area (Å²) in [5.41, 5.74) is 3.47. The second kappa shape index (κ2) is 8.73. The molecule has 0 bridgehead atoms. The lowest BCUT2D eigenvalue weighted by atomic mass is 9.96. The summed E-state index contributed by atoms with van der Waals surface area (Å²) in [7, 11) is 1.66. The molecule has 1 amide bonds. The van der Waals surface area contributed by atoms with E-state index in [0.29, 0.717) is 13.2 Å². The quantitative estimate of drug-likeness (QED) is 0.339. The van der Waals surface area contributed by atoms with Gasteiger partial charge in [-0.2, -0.15) is 0 Å². The summed E-state index contributed by atoms with van der Waals surface area (Å²) < 4.78 is 10.6. The maximum Gasteiger partial charge on any atom is 0.237 e. The van der Waals surface area contributed by atoms with E-state index in [-0.39, 0.29) is 11.8 Å². The molecule has 0 saturated carbocycles. The first-order valence-corrected chi connectivity index (χ1v) is 7.66. The number of nitrogens with two attached hydrogens (primary N) is 1. The SMILES string of the molecule is COCCOc1cccc(CN2CCC(C(=O)NN)CC2)c1. The molecule has 6 nitrogen and oxygen atoms in total. The molecule has 0 aromatic heterocycles. The van der Waals surface area contributed by atoms with Gasteiger partial charge in [0.25, 0.3) is 0 Å². The molecule has 1 aromatic carbocycles. The minimum Gasteiger partial charge on any atom is -0.491 e. The molecule has 0 unspecified atom stereocenters. The Morgan fingerprint density at radius 3 is 2.82 bits per heavy atom. The van der Waals surface area contributed by atoms with Gasteiger partial charge in [-0.15, -0.1) is 0 Å². The van der Waals surface area contributed by atoms with Crippen LogP contribution in [0, 0.1) is 5.92 Å². The number of nitrogens with zero attached hydrogens (tertiary/aromatic N) is 1. The zero-order valence-corrected chi connectivity index (χ0v) is 13.1. The van der Waals surface area contributed by atoms with Gasteiger partial charge in [0.1, 0.15) is 12.4 Å². The summed E-state index contributed by atoms with van der Waals surface area (Å²) in [6.07, 6.45) is 1.71. The van der Waals surface area contributed by atoms with Gasteiger partial charge in [-0.1, -0.05) is 12.1 Å². The maximum atomic E-state index is 11.5. The van der Waals surface area contributed by atoms with Crippen molar-refractivity contribution in [3.63, 3.8) is 0 Å². The van der Waals surface area contributed by atoms with Crippen molar-refractivity contribution in [1.82, 2.24) is 10.3 Å². The highest BCUT2D eigenvalue weighted by atomic mass is 16.5. The first-order chi connectivity index (χ1) is 10.7. The number of piperidine rings is 1. The van der Waals surface area contributed by atoms with Crippen LogP contribution in [-0.2, 0) is 16.1 Å². The summed E-state index contributed by atoms with van der Waals surface area (Å²) in [6, 6.07) is 8.12. The predicted molar refractivity (Wildman–Crippen MR) is 84.1 cm³/mol. The number of carbonyl (C=O) groups is 1. The molecular formula is C16H25N3O3. The van der Waals surface area contributed by atoms with Crippen LogP contribution in [0.25, 0.3) is 0 Å². The number of amides is 1. The van der Waals surface area contributed by atoms with Gasteiger partial charge in [0.05, 0.1) is 6.61 Å². The topological polar surface area (TPSA) is 76.8 Å². The molecular weight excluding hydrogens is 282 g/mol. The lowest BCUT2D eigenvalue weighted by molar-refractivity contribution is -0.126. The van der Waals surface area contributed by atoms with Crippen LogP contribution in [0.3, 0.4) is 0 Å². The molecule has 1 heterocycles. The fourth-order valence-corrected chi connectivity index (χ4v) is 2.71. The Labute approximate surface area is 131 Å². The molecule has 0 spiro atoms. The normalized spacial score (nSPS) is 16.5. The molecule has 22 heavy (non-hydrogen) atoms. The number of hydrazine groups is 1. The summed E-state index contributed by atoms with van der Waals surface area (Å²) in [5, 5.41) is 0. The molecule has 1 aliphatic rings. The molecule has 0 atom stereocenters. The minimum atomic E-state index is -0.0480. The van der Waals surface area contributed by atoms with Gasteiger partial charge in [0, 0.05) is 19.6 Å². The highest BCUT2D eigenvalue weighted by Gasteiger charge is 2.24. The third-order valence-corrected chi connectivity index (χ3v) is 3.96. The number of ether oxygens (including phenoxy) is 2. The highest BCUT2D eigenvalue weighted by Crippen LogP contribution is 2.20. The van der Waals surface area contributed by atoms with Gasteiger partial charge in [0.15, 0.2) is 0 Å². The summed E-state index contributed by atoms with van der Waals surface area (Å²) >= 11 is 0.